The topological polar surface area (TPSA) is 45.2 Å². The molecule has 0 heterocycles. The van der Waals surface area contributed by atoms with Crippen LogP contribution in [0.15, 0.2) is 24.3 Å². The second kappa shape index (κ2) is 25.7. The Kier molecular flexibility index (Phi) is 23.5. The third kappa shape index (κ3) is 20.3. The van der Waals surface area contributed by atoms with Gasteiger partial charge in [-0.25, -0.2) is 0 Å². The van der Waals surface area contributed by atoms with Crippen LogP contribution in [0.2, 0.25) is 0 Å². The third-order valence-corrected chi connectivity index (χ3v) is 7.53. The Morgan fingerprint density at radius 1 is 0.564 bits per heavy atom. The number of phenols is 1. The van der Waals surface area contributed by atoms with Crippen LogP contribution in [-0.4, -0.2) is 67.1 Å². The highest BCUT2D eigenvalue weighted by Gasteiger charge is 2.18. The molecule has 0 aliphatic carbocycles. The molecule has 0 aliphatic rings. The van der Waals surface area contributed by atoms with Crippen molar-refractivity contribution in [3.63, 3.8) is 0 Å². The molecule has 5 heteroatoms. The zero-order valence-corrected chi connectivity index (χ0v) is 26.3. The van der Waals surface area contributed by atoms with Gasteiger partial charge in [0.05, 0.1) is 13.2 Å². The van der Waals surface area contributed by atoms with Crippen LogP contribution < -0.4 is 4.74 Å². The Morgan fingerprint density at radius 2 is 1.00 bits per heavy atom. The van der Waals surface area contributed by atoms with Crippen molar-refractivity contribution >= 4 is 0 Å². The molecular weight excluding hydrogens is 484 g/mol. The number of benzene rings is 1. The highest BCUT2D eigenvalue weighted by atomic mass is 16.7. The van der Waals surface area contributed by atoms with Gasteiger partial charge in [0.1, 0.15) is 11.5 Å². The molecule has 0 bridgehead atoms. The summed E-state index contributed by atoms with van der Waals surface area (Å²) in [6.07, 6.45) is 20.3. The Bertz CT molecular complexity index is 616. The molecule has 0 fully saturated rings. The van der Waals surface area contributed by atoms with Gasteiger partial charge in [0.15, 0.2) is 0 Å². The molecule has 1 aromatic rings. The number of rotatable bonds is 28. The molecule has 1 unspecified atom stereocenters. The number of unbranched alkanes of at least 4 members (excludes halogenated alkanes) is 12. The van der Waals surface area contributed by atoms with Gasteiger partial charge in [-0.1, -0.05) is 105 Å². The molecule has 1 atom stereocenters. The average Bonchev–Trinajstić information content (AvgIpc) is 2.94. The lowest BCUT2D eigenvalue weighted by Crippen LogP contribution is -2.40. The summed E-state index contributed by atoms with van der Waals surface area (Å²) >= 11 is 0. The summed E-state index contributed by atoms with van der Waals surface area (Å²) in [4.78, 5) is 5.17. The molecule has 1 aromatic carbocycles. The van der Waals surface area contributed by atoms with E-state index in [2.05, 4.69) is 37.5 Å². The van der Waals surface area contributed by atoms with Crippen molar-refractivity contribution in [2.75, 3.05) is 45.9 Å². The van der Waals surface area contributed by atoms with Gasteiger partial charge >= 0.3 is 0 Å². The van der Waals surface area contributed by atoms with Gasteiger partial charge in [-0.3, -0.25) is 4.90 Å². The maximum atomic E-state index is 9.73. The summed E-state index contributed by atoms with van der Waals surface area (Å²) in [7, 11) is 0. The molecule has 0 aromatic heterocycles. The SMILES string of the molecule is CCCCCCN(CCCCCC)CCOC(CN(CCCCCC)CCCCCC)Oc1ccc(O)cc1. The first-order chi connectivity index (χ1) is 19.1. The predicted octanol–water partition coefficient (Wildman–Crippen LogP) is 9.04. The monoisotopic (exact) mass is 548 g/mol. The van der Waals surface area contributed by atoms with Crippen molar-refractivity contribution in [3.05, 3.63) is 24.3 Å². The predicted molar refractivity (Wildman–Crippen MR) is 168 cm³/mol. The van der Waals surface area contributed by atoms with Gasteiger partial charge in [0, 0.05) is 6.54 Å². The summed E-state index contributed by atoms with van der Waals surface area (Å²) in [6, 6.07) is 7.06. The molecule has 0 spiro atoms. The first-order valence-corrected chi connectivity index (χ1v) is 16.6. The molecule has 0 saturated heterocycles. The number of hydrogen-bond acceptors (Lipinski definition) is 5. The Morgan fingerprint density at radius 3 is 1.44 bits per heavy atom. The van der Waals surface area contributed by atoms with Crippen molar-refractivity contribution in [1.29, 1.82) is 0 Å². The van der Waals surface area contributed by atoms with Crippen LogP contribution >= 0.6 is 0 Å². The standard InChI is InChI=1S/C34H64N2O3/c1-5-9-13-17-25-35(26-18-14-10-6-2)29-30-38-34(39-33-23-21-32(37)22-24-33)31-36(27-19-15-11-7-3)28-20-16-12-8-4/h21-24,34,37H,5-20,25-31H2,1-4H3. The molecular formula is C34H64N2O3. The van der Waals surface area contributed by atoms with E-state index in [4.69, 9.17) is 9.47 Å². The number of ether oxygens (including phenoxy) is 2. The quantitative estimate of drug-likeness (QED) is 0.0836. The first kappa shape index (κ1) is 35.7. The molecule has 0 saturated carbocycles. The molecule has 0 radical (unpaired) electrons. The van der Waals surface area contributed by atoms with E-state index in [1.54, 1.807) is 12.1 Å². The normalized spacial score (nSPS) is 12.5. The van der Waals surface area contributed by atoms with Crippen LogP contribution in [0.1, 0.15) is 130 Å². The maximum Gasteiger partial charge on any atom is 0.212 e. The molecule has 0 aliphatic heterocycles. The van der Waals surface area contributed by atoms with Gasteiger partial charge in [-0.05, 0) is 76.1 Å². The summed E-state index contributed by atoms with van der Waals surface area (Å²) < 4.78 is 12.8. The molecule has 228 valence electrons. The summed E-state index contributed by atoms with van der Waals surface area (Å²) in [5.41, 5.74) is 0. The van der Waals surface area contributed by atoms with Crippen LogP contribution in [-0.2, 0) is 4.74 Å². The lowest BCUT2D eigenvalue weighted by molar-refractivity contribution is -0.0997. The van der Waals surface area contributed by atoms with E-state index >= 15 is 0 Å². The van der Waals surface area contributed by atoms with Crippen LogP contribution in [0.4, 0.5) is 0 Å². The molecule has 1 N–H and O–H groups in total. The number of hydrogen-bond donors (Lipinski definition) is 1. The van der Waals surface area contributed by atoms with Crippen molar-refractivity contribution in [3.8, 4) is 11.5 Å². The highest BCUT2D eigenvalue weighted by molar-refractivity contribution is 5.30. The summed E-state index contributed by atoms with van der Waals surface area (Å²) in [5.74, 6) is 1.01. The van der Waals surface area contributed by atoms with Crippen molar-refractivity contribution < 1.29 is 14.6 Å². The lowest BCUT2D eigenvalue weighted by atomic mass is 10.1. The van der Waals surface area contributed by atoms with Crippen LogP contribution in [0.25, 0.3) is 0 Å². The lowest BCUT2D eigenvalue weighted by Gasteiger charge is -2.29. The molecule has 5 nitrogen and oxygen atoms in total. The van der Waals surface area contributed by atoms with Crippen molar-refractivity contribution in [1.82, 2.24) is 9.80 Å². The average molecular weight is 549 g/mol. The fraction of sp³-hybridized carbons (Fsp3) is 0.824. The van der Waals surface area contributed by atoms with E-state index in [1.165, 1.54) is 116 Å². The largest absolute Gasteiger partial charge is 0.508 e. The van der Waals surface area contributed by atoms with Crippen LogP contribution in [0.3, 0.4) is 0 Å². The van der Waals surface area contributed by atoms with Crippen LogP contribution in [0, 0.1) is 0 Å². The Labute approximate surface area is 242 Å². The van der Waals surface area contributed by atoms with Crippen molar-refractivity contribution in [2.45, 2.75) is 137 Å². The fourth-order valence-corrected chi connectivity index (χ4v) is 5.00. The Hall–Kier alpha value is -1.30. The number of nitrogens with zero attached hydrogens (tertiary/aromatic N) is 2. The van der Waals surface area contributed by atoms with Gasteiger partial charge in [-0.2, -0.15) is 0 Å². The minimum atomic E-state index is -0.311. The summed E-state index contributed by atoms with van der Waals surface area (Å²) in [5, 5.41) is 9.73. The van der Waals surface area contributed by atoms with Gasteiger partial charge < -0.3 is 19.5 Å². The van der Waals surface area contributed by atoms with E-state index in [-0.39, 0.29) is 12.0 Å². The van der Waals surface area contributed by atoms with E-state index in [0.29, 0.717) is 6.61 Å². The second-order valence-electron chi connectivity index (χ2n) is 11.3. The number of phenolic OH excluding ortho intramolecular Hbond substituents is 1. The van der Waals surface area contributed by atoms with E-state index in [9.17, 15) is 5.11 Å². The van der Waals surface area contributed by atoms with E-state index in [1.807, 2.05) is 12.1 Å². The third-order valence-electron chi connectivity index (χ3n) is 7.53. The first-order valence-electron chi connectivity index (χ1n) is 16.6. The second-order valence-corrected chi connectivity index (χ2v) is 11.3. The zero-order valence-electron chi connectivity index (χ0n) is 26.3. The Balaban J connectivity index is 2.77. The minimum Gasteiger partial charge on any atom is -0.508 e. The van der Waals surface area contributed by atoms with E-state index in [0.717, 1.165) is 31.9 Å². The van der Waals surface area contributed by atoms with Gasteiger partial charge in [0.2, 0.25) is 6.29 Å². The minimum absolute atomic E-state index is 0.259. The highest BCUT2D eigenvalue weighted by Crippen LogP contribution is 2.19. The van der Waals surface area contributed by atoms with Gasteiger partial charge in [-0.15, -0.1) is 0 Å². The smallest absolute Gasteiger partial charge is 0.212 e. The van der Waals surface area contributed by atoms with Crippen molar-refractivity contribution in [2.24, 2.45) is 0 Å². The number of aromatic hydroxyl groups is 1. The summed E-state index contributed by atoms with van der Waals surface area (Å²) in [6.45, 7) is 16.1. The fourth-order valence-electron chi connectivity index (χ4n) is 5.00. The van der Waals surface area contributed by atoms with Crippen LogP contribution in [0.5, 0.6) is 11.5 Å². The zero-order chi connectivity index (χ0) is 28.4. The molecule has 39 heavy (non-hydrogen) atoms. The molecule has 0 amide bonds. The van der Waals surface area contributed by atoms with Gasteiger partial charge in [0.25, 0.3) is 0 Å². The molecule has 1 rings (SSSR count). The maximum absolute atomic E-state index is 9.73. The van der Waals surface area contributed by atoms with E-state index < -0.39 is 0 Å².